The molecule has 0 saturated carbocycles. The van der Waals surface area contributed by atoms with Crippen LogP contribution in [0.3, 0.4) is 0 Å². The summed E-state index contributed by atoms with van der Waals surface area (Å²) in [5, 5.41) is 11.6. The minimum absolute atomic E-state index is 0.00442. The first-order valence-corrected chi connectivity index (χ1v) is 13.7. The van der Waals surface area contributed by atoms with E-state index in [0.29, 0.717) is 41.2 Å². The summed E-state index contributed by atoms with van der Waals surface area (Å²) in [5.41, 5.74) is 3.07. The van der Waals surface area contributed by atoms with E-state index in [4.69, 9.17) is 33.5 Å². The Balaban J connectivity index is 1.48. The van der Waals surface area contributed by atoms with Gasteiger partial charge in [-0.3, -0.25) is 10.1 Å². The molecule has 2 aromatic rings. The molecule has 230 valence electrons. The molecule has 2 N–H and O–H groups in total. The summed E-state index contributed by atoms with van der Waals surface area (Å²) < 4.78 is 33.1. The van der Waals surface area contributed by atoms with E-state index in [0.717, 1.165) is 5.57 Å². The van der Waals surface area contributed by atoms with Gasteiger partial charge in [-0.15, -0.1) is 0 Å². The Morgan fingerprint density at radius 1 is 1.14 bits per heavy atom. The highest BCUT2D eigenvalue weighted by Crippen LogP contribution is 2.43. The van der Waals surface area contributed by atoms with Crippen LogP contribution in [-0.4, -0.2) is 61.3 Å². The number of nitrogens with one attached hydrogen (secondary N) is 1. The van der Waals surface area contributed by atoms with Gasteiger partial charge in [-0.2, -0.15) is 0 Å². The van der Waals surface area contributed by atoms with E-state index in [1.54, 1.807) is 20.8 Å². The number of rotatable bonds is 11. The van der Waals surface area contributed by atoms with Crippen molar-refractivity contribution in [3.05, 3.63) is 63.7 Å². The van der Waals surface area contributed by atoms with Crippen molar-refractivity contribution in [2.45, 2.75) is 65.5 Å². The van der Waals surface area contributed by atoms with Gasteiger partial charge < -0.3 is 33.5 Å². The van der Waals surface area contributed by atoms with Crippen LogP contribution in [0.1, 0.15) is 71.0 Å². The highest BCUT2D eigenvalue weighted by molar-refractivity contribution is 6.00. The maximum Gasteiger partial charge on any atom is 0.417 e. The van der Waals surface area contributed by atoms with Gasteiger partial charge in [0.05, 0.1) is 19.3 Å². The van der Waals surface area contributed by atoms with E-state index in [-0.39, 0.29) is 55.0 Å². The predicted molar refractivity (Wildman–Crippen MR) is 152 cm³/mol. The van der Waals surface area contributed by atoms with E-state index >= 15 is 0 Å². The van der Waals surface area contributed by atoms with Crippen molar-refractivity contribution in [3.8, 4) is 11.5 Å². The molecule has 2 heterocycles. The molecule has 1 atom stereocenters. The fraction of sp³-hybridized carbons (Fsp3) is 0.419. The topological polar surface area (TPSA) is 156 Å². The fourth-order valence-electron chi connectivity index (χ4n) is 4.84. The van der Waals surface area contributed by atoms with E-state index in [1.165, 1.54) is 31.4 Å². The number of aromatic carboxylic acids is 1. The van der Waals surface area contributed by atoms with Crippen molar-refractivity contribution < 1.29 is 52.7 Å². The van der Waals surface area contributed by atoms with E-state index in [1.807, 2.05) is 13.0 Å². The lowest BCUT2D eigenvalue weighted by Crippen LogP contribution is -2.25. The Morgan fingerprint density at radius 2 is 1.86 bits per heavy atom. The molecule has 0 spiro atoms. The van der Waals surface area contributed by atoms with Crippen LogP contribution in [-0.2, 0) is 36.8 Å². The molecular weight excluding hydrogens is 562 g/mol. The van der Waals surface area contributed by atoms with Gasteiger partial charge in [-0.25, -0.2) is 14.4 Å². The number of benzene rings is 2. The van der Waals surface area contributed by atoms with Gasteiger partial charge in [0.15, 0.2) is 11.5 Å². The summed E-state index contributed by atoms with van der Waals surface area (Å²) in [6.45, 7) is 7.73. The number of esters is 2. The van der Waals surface area contributed by atoms with Crippen molar-refractivity contribution in [2.75, 3.05) is 25.6 Å². The number of hydrogen-bond acceptors (Lipinski definition) is 10. The molecule has 4 rings (SSSR count). The molecule has 1 unspecified atom stereocenters. The van der Waals surface area contributed by atoms with Crippen molar-refractivity contribution in [2.24, 2.45) is 0 Å². The molecule has 12 nitrogen and oxygen atoms in total. The zero-order chi connectivity index (χ0) is 31.3. The molecule has 1 saturated heterocycles. The van der Waals surface area contributed by atoms with E-state index < -0.39 is 23.8 Å². The van der Waals surface area contributed by atoms with Gasteiger partial charge in [0, 0.05) is 23.2 Å². The lowest BCUT2D eigenvalue weighted by molar-refractivity contribution is -0.158. The average Bonchev–Trinajstić information content (AvgIpc) is 3.52. The largest absolute Gasteiger partial charge is 0.496 e. The highest BCUT2D eigenvalue weighted by atomic mass is 16.7. The van der Waals surface area contributed by atoms with Gasteiger partial charge >= 0.3 is 24.0 Å². The maximum absolute atomic E-state index is 12.9. The Kier molecular flexibility index (Phi) is 9.72. The second kappa shape index (κ2) is 13.3. The molecule has 2 aromatic carbocycles. The first-order valence-electron chi connectivity index (χ1n) is 13.7. The second-order valence-corrected chi connectivity index (χ2v) is 10.7. The van der Waals surface area contributed by atoms with Gasteiger partial charge in [-0.05, 0) is 70.4 Å². The smallest absolute Gasteiger partial charge is 0.417 e. The van der Waals surface area contributed by atoms with Crippen LogP contribution in [0, 0.1) is 6.92 Å². The Hall–Kier alpha value is -4.42. The molecule has 2 aliphatic heterocycles. The molecule has 0 aromatic heterocycles. The Morgan fingerprint density at radius 3 is 2.49 bits per heavy atom. The summed E-state index contributed by atoms with van der Waals surface area (Å²) in [5.74, 6) is -2.34. The maximum atomic E-state index is 12.9. The van der Waals surface area contributed by atoms with Crippen LogP contribution < -0.4 is 14.8 Å². The third kappa shape index (κ3) is 7.70. The molecule has 0 radical (unpaired) electrons. The Labute approximate surface area is 248 Å². The van der Waals surface area contributed by atoms with Gasteiger partial charge in [0.1, 0.15) is 30.6 Å². The molecule has 12 heteroatoms. The van der Waals surface area contributed by atoms with Gasteiger partial charge in [0.2, 0.25) is 0 Å². The number of fused-ring (bicyclic) bond motifs is 1. The number of carbonyl (C=O) groups is 4. The van der Waals surface area contributed by atoms with Crippen molar-refractivity contribution in [3.63, 3.8) is 0 Å². The highest BCUT2D eigenvalue weighted by Gasteiger charge is 2.35. The number of carboxylic acids is 1. The number of carbonyl (C=O) groups excluding carboxylic acids is 3. The average molecular weight is 598 g/mol. The molecule has 2 aliphatic rings. The number of ether oxygens (including phenoxy) is 6. The number of hydrogen-bond donors (Lipinski definition) is 2. The van der Waals surface area contributed by atoms with Gasteiger partial charge in [0.25, 0.3) is 0 Å². The van der Waals surface area contributed by atoms with Crippen molar-refractivity contribution in [1.82, 2.24) is 0 Å². The molecule has 1 amide bonds. The van der Waals surface area contributed by atoms with Crippen molar-refractivity contribution >= 4 is 29.7 Å². The standard InChI is InChI=1S/C31H35NO11/c1-17(7-13-24(33)39-14-21-15-41-31(3,4)43-21)6-12-22-26(38-5)18(2)23-16-40-29(36)25(23)27(22)42-30(37)32-20-10-8-19(9-11-20)28(34)35/h6,8-11,21H,7,12-16H2,1-5H3,(H,32,37)(H,34,35). The molecule has 1 fully saturated rings. The van der Waals surface area contributed by atoms with Crippen LogP contribution in [0.15, 0.2) is 35.9 Å². The van der Waals surface area contributed by atoms with Crippen LogP contribution in [0.25, 0.3) is 0 Å². The minimum Gasteiger partial charge on any atom is -0.496 e. The molecule has 43 heavy (non-hydrogen) atoms. The lowest BCUT2D eigenvalue weighted by Gasteiger charge is -2.19. The first-order chi connectivity index (χ1) is 20.4. The Bertz CT molecular complexity index is 1440. The number of amides is 1. The summed E-state index contributed by atoms with van der Waals surface area (Å²) in [6, 6.07) is 5.53. The zero-order valence-corrected chi connectivity index (χ0v) is 24.7. The zero-order valence-electron chi connectivity index (χ0n) is 24.7. The van der Waals surface area contributed by atoms with Crippen LogP contribution in [0.5, 0.6) is 11.5 Å². The third-order valence-electron chi connectivity index (χ3n) is 7.07. The summed E-state index contributed by atoms with van der Waals surface area (Å²) in [4.78, 5) is 49.1. The number of methoxy groups -OCH3 is 1. The van der Waals surface area contributed by atoms with E-state index in [9.17, 15) is 19.2 Å². The third-order valence-corrected chi connectivity index (χ3v) is 7.07. The molecule has 0 aliphatic carbocycles. The lowest BCUT2D eigenvalue weighted by atomic mass is 9.94. The van der Waals surface area contributed by atoms with E-state index in [2.05, 4.69) is 5.32 Å². The molecular formula is C31H35NO11. The first kappa shape index (κ1) is 31.5. The number of carboxylic acid groups (broad SMARTS) is 1. The summed E-state index contributed by atoms with van der Waals surface area (Å²) in [6.07, 6.45) is 1.47. The quantitative estimate of drug-likeness (QED) is 0.267. The summed E-state index contributed by atoms with van der Waals surface area (Å²) in [7, 11) is 1.48. The minimum atomic E-state index is -1.10. The van der Waals surface area contributed by atoms with Crippen molar-refractivity contribution in [1.29, 1.82) is 0 Å². The number of allylic oxidation sites excluding steroid dienone is 2. The monoisotopic (exact) mass is 597 g/mol. The molecule has 0 bridgehead atoms. The number of cyclic esters (lactones) is 1. The SMILES string of the molecule is COc1c(C)c2c(c(OC(=O)Nc3ccc(C(=O)O)cc3)c1CC=C(C)CCC(=O)OCC1COC(C)(C)O1)C(=O)OC2. The predicted octanol–water partition coefficient (Wildman–Crippen LogP) is 4.95. The summed E-state index contributed by atoms with van der Waals surface area (Å²) >= 11 is 0. The number of anilines is 1. The normalized spacial score (nSPS) is 17.2. The van der Waals surface area contributed by atoms with Gasteiger partial charge in [-0.1, -0.05) is 11.6 Å². The van der Waals surface area contributed by atoms with Crippen LogP contribution in [0.2, 0.25) is 0 Å². The fourth-order valence-corrected chi connectivity index (χ4v) is 4.84. The second-order valence-electron chi connectivity index (χ2n) is 10.7. The van der Waals surface area contributed by atoms with Crippen LogP contribution >= 0.6 is 0 Å². The van der Waals surface area contributed by atoms with Crippen LogP contribution in [0.4, 0.5) is 10.5 Å².